The number of hydrogen-bond donors (Lipinski definition) is 3. The predicted molar refractivity (Wildman–Crippen MR) is 52.5 cm³/mol. The van der Waals surface area contributed by atoms with Crippen LogP contribution in [0.1, 0.15) is 18.1 Å². The number of hydrogen-bond acceptors (Lipinski definition) is 3. The fraction of sp³-hybridized carbons (Fsp3) is 0.333. The van der Waals surface area contributed by atoms with E-state index in [-0.39, 0.29) is 13.0 Å². The highest BCUT2D eigenvalue weighted by Crippen LogP contribution is 2.25. The van der Waals surface area contributed by atoms with Crippen LogP contribution < -0.4 is 5.73 Å². The monoisotopic (exact) mass is 201 g/mol. The Labute approximate surface area is 81.8 Å². The molecule has 1 atom stereocenters. The van der Waals surface area contributed by atoms with Gasteiger partial charge in [0.05, 0.1) is 6.10 Å². The van der Waals surface area contributed by atoms with E-state index in [0.717, 1.165) is 0 Å². The Morgan fingerprint density at radius 3 is 2.69 bits per heavy atom. The lowest BCUT2D eigenvalue weighted by Crippen LogP contribution is -2.03. The largest absolute Gasteiger partial charge is 0.398 e. The number of aliphatic hydroxyl groups is 2. The van der Waals surface area contributed by atoms with E-state index in [2.05, 4.69) is 0 Å². The average Bonchev–Trinajstić information content (AvgIpc) is 2.04. The molecule has 0 aromatic heterocycles. The van der Waals surface area contributed by atoms with Gasteiger partial charge in [-0.15, -0.1) is 0 Å². The van der Waals surface area contributed by atoms with Crippen LogP contribution in [-0.4, -0.2) is 16.8 Å². The van der Waals surface area contributed by atoms with E-state index >= 15 is 0 Å². The molecule has 0 bridgehead atoms. The standard InChI is InChI=1S/C9H12ClNO2/c10-6-1-2-7(8(11)5-6)9(13)3-4-12/h1-2,5,9,12-13H,3-4,11H2. The number of benzene rings is 1. The zero-order valence-corrected chi connectivity index (χ0v) is 7.83. The van der Waals surface area contributed by atoms with Gasteiger partial charge in [-0.05, 0) is 12.1 Å². The maximum absolute atomic E-state index is 9.51. The zero-order chi connectivity index (χ0) is 9.84. The lowest BCUT2D eigenvalue weighted by molar-refractivity contribution is 0.135. The highest BCUT2D eigenvalue weighted by molar-refractivity contribution is 6.30. The number of rotatable bonds is 3. The summed E-state index contributed by atoms with van der Waals surface area (Å²) in [5, 5.41) is 18.7. The van der Waals surface area contributed by atoms with Crippen molar-refractivity contribution in [3.63, 3.8) is 0 Å². The van der Waals surface area contributed by atoms with Crippen LogP contribution in [-0.2, 0) is 0 Å². The molecule has 1 rings (SSSR count). The molecule has 72 valence electrons. The van der Waals surface area contributed by atoms with Gasteiger partial charge in [0.15, 0.2) is 0 Å². The zero-order valence-electron chi connectivity index (χ0n) is 7.07. The van der Waals surface area contributed by atoms with Crippen LogP contribution in [0.25, 0.3) is 0 Å². The predicted octanol–water partition coefficient (Wildman–Crippen LogP) is 1.34. The minimum atomic E-state index is -0.720. The first-order valence-corrected chi connectivity index (χ1v) is 4.37. The number of nitrogen functional groups attached to an aromatic ring is 1. The third-order valence-electron chi connectivity index (χ3n) is 1.81. The van der Waals surface area contributed by atoms with Gasteiger partial charge in [-0.25, -0.2) is 0 Å². The third-order valence-corrected chi connectivity index (χ3v) is 2.05. The molecule has 0 aliphatic rings. The van der Waals surface area contributed by atoms with Crippen LogP contribution in [0.3, 0.4) is 0 Å². The first-order chi connectivity index (χ1) is 6.15. The number of aliphatic hydroxyl groups excluding tert-OH is 2. The molecule has 0 spiro atoms. The van der Waals surface area contributed by atoms with Crippen molar-refractivity contribution >= 4 is 17.3 Å². The summed E-state index contributed by atoms with van der Waals surface area (Å²) < 4.78 is 0. The molecule has 3 nitrogen and oxygen atoms in total. The fourth-order valence-corrected chi connectivity index (χ4v) is 1.31. The summed E-state index contributed by atoms with van der Waals surface area (Å²) in [5.41, 5.74) is 6.69. The van der Waals surface area contributed by atoms with Crippen LogP contribution in [0.5, 0.6) is 0 Å². The van der Waals surface area contributed by atoms with Crippen molar-refractivity contribution < 1.29 is 10.2 Å². The number of halogens is 1. The fourth-order valence-electron chi connectivity index (χ4n) is 1.13. The van der Waals surface area contributed by atoms with Gasteiger partial charge in [0.2, 0.25) is 0 Å². The highest BCUT2D eigenvalue weighted by Gasteiger charge is 2.09. The molecule has 0 radical (unpaired) electrons. The minimum absolute atomic E-state index is 0.0662. The van der Waals surface area contributed by atoms with Gasteiger partial charge in [0, 0.05) is 29.3 Å². The van der Waals surface area contributed by atoms with Gasteiger partial charge < -0.3 is 15.9 Å². The van der Waals surface area contributed by atoms with Gasteiger partial charge in [-0.1, -0.05) is 17.7 Å². The van der Waals surface area contributed by atoms with E-state index in [1.807, 2.05) is 0 Å². The minimum Gasteiger partial charge on any atom is -0.398 e. The molecule has 0 saturated heterocycles. The second kappa shape index (κ2) is 4.46. The molecule has 13 heavy (non-hydrogen) atoms. The van der Waals surface area contributed by atoms with Crippen LogP contribution in [0, 0.1) is 0 Å². The van der Waals surface area contributed by atoms with E-state index in [0.29, 0.717) is 16.3 Å². The van der Waals surface area contributed by atoms with Crippen molar-refractivity contribution in [1.29, 1.82) is 0 Å². The Kier molecular flexibility index (Phi) is 3.54. The summed E-state index contributed by atoms with van der Waals surface area (Å²) in [6.45, 7) is -0.0662. The van der Waals surface area contributed by atoms with E-state index in [1.165, 1.54) is 0 Å². The molecule has 1 aromatic carbocycles. The summed E-state index contributed by atoms with van der Waals surface area (Å²) in [7, 11) is 0. The van der Waals surface area contributed by atoms with Crippen molar-refractivity contribution in [2.45, 2.75) is 12.5 Å². The highest BCUT2D eigenvalue weighted by atomic mass is 35.5. The number of nitrogens with two attached hydrogens (primary N) is 1. The lowest BCUT2D eigenvalue weighted by atomic mass is 10.1. The summed E-state index contributed by atoms with van der Waals surface area (Å²) in [6, 6.07) is 4.91. The molecule has 0 saturated carbocycles. The average molecular weight is 202 g/mol. The first kappa shape index (κ1) is 10.3. The molecule has 4 N–H and O–H groups in total. The Morgan fingerprint density at radius 2 is 2.15 bits per heavy atom. The van der Waals surface area contributed by atoms with E-state index < -0.39 is 6.10 Å². The van der Waals surface area contributed by atoms with Crippen molar-refractivity contribution in [1.82, 2.24) is 0 Å². The summed E-state index contributed by atoms with van der Waals surface area (Å²) in [6.07, 6.45) is -0.437. The molecular formula is C9H12ClNO2. The topological polar surface area (TPSA) is 66.5 Å². The first-order valence-electron chi connectivity index (χ1n) is 3.99. The summed E-state index contributed by atoms with van der Waals surface area (Å²) >= 11 is 5.69. The van der Waals surface area contributed by atoms with Crippen molar-refractivity contribution in [2.75, 3.05) is 12.3 Å². The second-order valence-corrected chi connectivity index (χ2v) is 3.24. The molecule has 4 heteroatoms. The molecule has 0 aliphatic heterocycles. The van der Waals surface area contributed by atoms with Crippen molar-refractivity contribution in [3.05, 3.63) is 28.8 Å². The molecule has 1 unspecified atom stereocenters. The molecule has 1 aromatic rings. The Balaban J connectivity index is 2.88. The Bertz CT molecular complexity index is 291. The van der Waals surface area contributed by atoms with Gasteiger partial charge >= 0.3 is 0 Å². The van der Waals surface area contributed by atoms with Gasteiger partial charge in [-0.2, -0.15) is 0 Å². The van der Waals surface area contributed by atoms with Crippen molar-refractivity contribution in [2.24, 2.45) is 0 Å². The quantitative estimate of drug-likeness (QED) is 0.647. The maximum Gasteiger partial charge on any atom is 0.0831 e. The third kappa shape index (κ3) is 2.59. The summed E-state index contributed by atoms with van der Waals surface area (Å²) in [5.74, 6) is 0. The maximum atomic E-state index is 9.51. The van der Waals surface area contributed by atoms with Gasteiger partial charge in [-0.3, -0.25) is 0 Å². The van der Waals surface area contributed by atoms with Gasteiger partial charge in [0.1, 0.15) is 0 Å². The Hall–Kier alpha value is -0.770. The molecular weight excluding hydrogens is 190 g/mol. The number of anilines is 1. The van der Waals surface area contributed by atoms with Crippen molar-refractivity contribution in [3.8, 4) is 0 Å². The Morgan fingerprint density at radius 1 is 1.46 bits per heavy atom. The van der Waals surface area contributed by atoms with E-state index in [1.54, 1.807) is 18.2 Å². The van der Waals surface area contributed by atoms with Crippen LogP contribution >= 0.6 is 11.6 Å². The van der Waals surface area contributed by atoms with Crippen LogP contribution in [0.2, 0.25) is 5.02 Å². The van der Waals surface area contributed by atoms with Gasteiger partial charge in [0.25, 0.3) is 0 Å². The smallest absolute Gasteiger partial charge is 0.0831 e. The second-order valence-electron chi connectivity index (χ2n) is 2.80. The lowest BCUT2D eigenvalue weighted by Gasteiger charge is -2.11. The van der Waals surface area contributed by atoms with E-state index in [4.69, 9.17) is 22.4 Å². The molecule has 0 amide bonds. The molecule has 0 fully saturated rings. The summed E-state index contributed by atoms with van der Waals surface area (Å²) in [4.78, 5) is 0. The van der Waals surface area contributed by atoms with Crippen LogP contribution in [0.4, 0.5) is 5.69 Å². The molecule has 0 aliphatic carbocycles. The normalized spacial score (nSPS) is 12.8. The van der Waals surface area contributed by atoms with Crippen LogP contribution in [0.15, 0.2) is 18.2 Å². The molecule has 0 heterocycles. The SMILES string of the molecule is Nc1cc(Cl)ccc1C(O)CCO. The van der Waals surface area contributed by atoms with E-state index in [9.17, 15) is 5.11 Å².